The highest BCUT2D eigenvalue weighted by molar-refractivity contribution is 9.10. The molecule has 0 saturated carbocycles. The van der Waals surface area contributed by atoms with Crippen LogP contribution in [0.5, 0.6) is 0 Å². The van der Waals surface area contributed by atoms with E-state index in [-0.39, 0.29) is 23.7 Å². The fraction of sp³-hybridized carbons (Fsp3) is 0.0909. The second-order valence-electron chi connectivity index (χ2n) is 3.68. The van der Waals surface area contributed by atoms with Crippen LogP contribution in [-0.2, 0) is 6.54 Å². The van der Waals surface area contributed by atoms with E-state index >= 15 is 0 Å². The van der Waals surface area contributed by atoms with Crippen LogP contribution in [0.3, 0.4) is 0 Å². The summed E-state index contributed by atoms with van der Waals surface area (Å²) in [4.78, 5) is 28.7. The summed E-state index contributed by atoms with van der Waals surface area (Å²) in [6, 6.07) is 4.22. The third kappa shape index (κ3) is 3.16. The van der Waals surface area contributed by atoms with Gasteiger partial charge in [-0.3, -0.25) is 14.9 Å². The van der Waals surface area contributed by atoms with Crippen molar-refractivity contribution in [1.29, 1.82) is 0 Å². The number of nitro groups is 1. The molecule has 0 aliphatic carbocycles. The summed E-state index contributed by atoms with van der Waals surface area (Å²) < 4.78 is 0.336. The number of hydrogen-bond donors (Lipinski definition) is 2. The Bertz CT molecular complexity index is 612. The Morgan fingerprint density at radius 2 is 2.32 bits per heavy atom. The maximum Gasteiger partial charge on any atom is 0.284 e. The number of carbonyl (C=O) groups excluding carboxylic acids is 1. The van der Waals surface area contributed by atoms with Crippen molar-refractivity contribution < 1.29 is 9.72 Å². The molecular formula is C11H9BrN4O3. The lowest BCUT2D eigenvalue weighted by Gasteiger charge is -2.04. The zero-order valence-corrected chi connectivity index (χ0v) is 11.2. The Kier molecular flexibility index (Phi) is 3.91. The van der Waals surface area contributed by atoms with E-state index < -0.39 is 4.92 Å². The maximum absolute atomic E-state index is 11.8. The molecule has 19 heavy (non-hydrogen) atoms. The van der Waals surface area contributed by atoms with Crippen molar-refractivity contribution in [3.8, 4) is 0 Å². The topological polar surface area (TPSA) is 101 Å². The average molecular weight is 325 g/mol. The Hall–Kier alpha value is -2.22. The Labute approximate surface area is 116 Å². The molecule has 0 saturated heterocycles. The van der Waals surface area contributed by atoms with Crippen LogP contribution in [-0.4, -0.2) is 20.8 Å². The molecule has 2 rings (SSSR count). The smallest absolute Gasteiger partial charge is 0.284 e. The van der Waals surface area contributed by atoms with Gasteiger partial charge >= 0.3 is 0 Å². The van der Waals surface area contributed by atoms with Gasteiger partial charge in [-0.1, -0.05) is 0 Å². The van der Waals surface area contributed by atoms with Gasteiger partial charge in [-0.2, -0.15) is 0 Å². The minimum atomic E-state index is -0.546. The summed E-state index contributed by atoms with van der Waals surface area (Å²) in [5.74, 6) is -0.384. The second kappa shape index (κ2) is 5.61. The number of aromatic nitrogens is 2. The van der Waals surface area contributed by atoms with Crippen LogP contribution in [0.2, 0.25) is 0 Å². The monoisotopic (exact) mass is 324 g/mol. The van der Waals surface area contributed by atoms with E-state index in [1.54, 1.807) is 6.20 Å². The molecular weight excluding hydrogens is 316 g/mol. The van der Waals surface area contributed by atoms with Crippen molar-refractivity contribution in [3.63, 3.8) is 0 Å². The number of rotatable bonds is 4. The molecule has 98 valence electrons. The highest BCUT2D eigenvalue weighted by atomic mass is 79.9. The van der Waals surface area contributed by atoms with E-state index in [1.807, 2.05) is 0 Å². The summed E-state index contributed by atoms with van der Waals surface area (Å²) in [5, 5.41) is 13.4. The molecule has 2 aromatic rings. The molecule has 8 heteroatoms. The van der Waals surface area contributed by atoms with Gasteiger partial charge < -0.3 is 10.3 Å². The van der Waals surface area contributed by atoms with Crippen LogP contribution in [0, 0.1) is 10.1 Å². The number of nitro benzene ring substituents is 1. The lowest BCUT2D eigenvalue weighted by molar-refractivity contribution is -0.385. The van der Waals surface area contributed by atoms with Crippen molar-refractivity contribution in [3.05, 3.63) is 56.6 Å². The summed E-state index contributed by atoms with van der Waals surface area (Å²) in [6.45, 7) is 0.280. The van der Waals surface area contributed by atoms with E-state index in [1.165, 1.54) is 24.5 Å². The number of H-pyrrole nitrogens is 1. The van der Waals surface area contributed by atoms with Gasteiger partial charge in [0.25, 0.3) is 11.6 Å². The first-order valence-electron chi connectivity index (χ1n) is 5.27. The third-order valence-electron chi connectivity index (χ3n) is 2.40. The number of amides is 1. The van der Waals surface area contributed by atoms with Gasteiger partial charge in [0.2, 0.25) is 0 Å². The highest BCUT2D eigenvalue weighted by Gasteiger charge is 2.15. The zero-order valence-electron chi connectivity index (χ0n) is 9.59. The van der Waals surface area contributed by atoms with Crippen molar-refractivity contribution >= 4 is 27.5 Å². The lowest BCUT2D eigenvalue weighted by atomic mass is 10.2. The molecule has 0 bridgehead atoms. The number of hydrogen-bond acceptors (Lipinski definition) is 4. The Morgan fingerprint density at radius 1 is 1.53 bits per heavy atom. The van der Waals surface area contributed by atoms with Crippen molar-refractivity contribution in [2.24, 2.45) is 0 Å². The van der Waals surface area contributed by atoms with E-state index in [2.05, 4.69) is 31.2 Å². The molecule has 0 aliphatic rings. The normalized spacial score (nSPS) is 10.2. The Balaban J connectivity index is 2.11. The first-order valence-corrected chi connectivity index (χ1v) is 6.06. The first-order chi connectivity index (χ1) is 9.08. The minimum Gasteiger partial charge on any atom is -0.347 e. The van der Waals surface area contributed by atoms with Crippen LogP contribution in [0.4, 0.5) is 5.69 Å². The summed E-state index contributed by atoms with van der Waals surface area (Å²) in [6.07, 6.45) is 3.09. The van der Waals surface area contributed by atoms with Gasteiger partial charge in [0.1, 0.15) is 0 Å². The largest absolute Gasteiger partial charge is 0.347 e. The fourth-order valence-electron chi connectivity index (χ4n) is 1.45. The molecule has 0 radical (unpaired) electrons. The maximum atomic E-state index is 11.8. The molecule has 0 aliphatic heterocycles. The van der Waals surface area contributed by atoms with Crippen LogP contribution in [0.25, 0.3) is 0 Å². The number of nitrogens with one attached hydrogen (secondary N) is 2. The van der Waals surface area contributed by atoms with Crippen molar-refractivity contribution in [1.82, 2.24) is 15.3 Å². The number of halogens is 1. The molecule has 2 N–H and O–H groups in total. The van der Waals surface area contributed by atoms with Gasteiger partial charge in [-0.15, -0.1) is 0 Å². The molecule has 1 amide bonds. The number of nitrogens with zero attached hydrogens (tertiary/aromatic N) is 2. The quantitative estimate of drug-likeness (QED) is 0.663. The molecule has 7 nitrogen and oxygen atoms in total. The Morgan fingerprint density at radius 3 is 2.95 bits per heavy atom. The highest BCUT2D eigenvalue weighted by Crippen LogP contribution is 2.25. The number of benzene rings is 1. The number of carbonyl (C=O) groups is 1. The number of imidazole rings is 1. The lowest BCUT2D eigenvalue weighted by Crippen LogP contribution is -2.23. The van der Waals surface area contributed by atoms with Gasteiger partial charge in [0.05, 0.1) is 28.0 Å². The SMILES string of the molecule is O=C(NCc1cnc[nH]1)c1ccc(Br)c([N+](=O)[O-])c1. The summed E-state index contributed by atoms with van der Waals surface area (Å²) >= 11 is 3.06. The zero-order chi connectivity index (χ0) is 13.8. The molecule has 0 fully saturated rings. The van der Waals surface area contributed by atoms with Crippen LogP contribution in [0.1, 0.15) is 16.1 Å². The summed E-state index contributed by atoms with van der Waals surface area (Å²) in [7, 11) is 0. The standard InChI is InChI=1S/C11H9BrN4O3/c12-9-2-1-7(3-10(9)16(18)19)11(17)14-5-8-4-13-6-15-8/h1-4,6H,5H2,(H,13,15)(H,14,17). The van der Waals surface area contributed by atoms with E-state index in [0.29, 0.717) is 4.47 Å². The van der Waals surface area contributed by atoms with Crippen LogP contribution in [0.15, 0.2) is 35.2 Å². The van der Waals surface area contributed by atoms with Gasteiger partial charge in [-0.25, -0.2) is 4.98 Å². The van der Waals surface area contributed by atoms with E-state index in [4.69, 9.17) is 0 Å². The van der Waals surface area contributed by atoms with Crippen molar-refractivity contribution in [2.75, 3.05) is 0 Å². The third-order valence-corrected chi connectivity index (χ3v) is 3.07. The predicted molar refractivity (Wildman–Crippen MR) is 70.6 cm³/mol. The van der Waals surface area contributed by atoms with E-state index in [9.17, 15) is 14.9 Å². The fourth-order valence-corrected chi connectivity index (χ4v) is 1.84. The van der Waals surface area contributed by atoms with Crippen molar-refractivity contribution in [2.45, 2.75) is 6.54 Å². The summed E-state index contributed by atoms with van der Waals surface area (Å²) in [5.41, 5.74) is 0.837. The first kappa shape index (κ1) is 13.2. The second-order valence-corrected chi connectivity index (χ2v) is 4.54. The van der Waals surface area contributed by atoms with Gasteiger partial charge in [-0.05, 0) is 28.1 Å². The van der Waals surface area contributed by atoms with Gasteiger partial charge in [0, 0.05) is 17.8 Å². The number of aromatic amines is 1. The molecule has 0 spiro atoms. The van der Waals surface area contributed by atoms with Crippen LogP contribution >= 0.6 is 15.9 Å². The molecule has 1 aromatic heterocycles. The van der Waals surface area contributed by atoms with Gasteiger partial charge in [0.15, 0.2) is 0 Å². The molecule has 1 aromatic carbocycles. The minimum absolute atomic E-state index is 0.144. The molecule has 1 heterocycles. The molecule has 0 unspecified atom stereocenters. The van der Waals surface area contributed by atoms with Crippen LogP contribution < -0.4 is 5.32 Å². The predicted octanol–water partition coefficient (Wildman–Crippen LogP) is 2.01. The average Bonchev–Trinajstić information content (AvgIpc) is 2.89. The molecule has 0 atom stereocenters. The van der Waals surface area contributed by atoms with E-state index in [0.717, 1.165) is 5.69 Å².